The van der Waals surface area contributed by atoms with Crippen LogP contribution in [-0.2, 0) is 16.0 Å². The fraction of sp³-hybridized carbons (Fsp3) is 0.364. The van der Waals surface area contributed by atoms with Crippen LogP contribution in [0.15, 0.2) is 48.5 Å². The molecule has 0 unspecified atom stereocenters. The smallest absolute Gasteiger partial charge is 0.313 e. The standard InChI is InChI=1S/C22H26N2O2/c1-16-7-6-8-17(2)20(16)23-21(25)22(26)24-13-11-19(12-14-24)15-18-9-4-3-5-10-18/h3-10,19H,11-15H2,1-2H3,(H,23,25). The van der Waals surface area contributed by atoms with E-state index in [1.165, 1.54) is 5.56 Å². The van der Waals surface area contributed by atoms with Gasteiger partial charge >= 0.3 is 11.8 Å². The number of amides is 2. The first-order valence-corrected chi connectivity index (χ1v) is 9.25. The average molecular weight is 350 g/mol. The van der Waals surface area contributed by atoms with Crippen LogP contribution >= 0.6 is 0 Å². The van der Waals surface area contributed by atoms with E-state index in [2.05, 4.69) is 29.6 Å². The summed E-state index contributed by atoms with van der Waals surface area (Å²) in [5.41, 5.74) is 4.01. The Morgan fingerprint density at radius 3 is 2.19 bits per heavy atom. The Hall–Kier alpha value is -2.62. The highest BCUT2D eigenvalue weighted by molar-refractivity contribution is 6.39. The topological polar surface area (TPSA) is 49.4 Å². The molecule has 2 amide bonds. The van der Waals surface area contributed by atoms with Gasteiger partial charge in [0.05, 0.1) is 0 Å². The number of nitrogens with zero attached hydrogens (tertiary/aromatic N) is 1. The van der Waals surface area contributed by atoms with Crippen LogP contribution in [0, 0.1) is 19.8 Å². The van der Waals surface area contributed by atoms with E-state index >= 15 is 0 Å². The summed E-state index contributed by atoms with van der Waals surface area (Å²) in [6.07, 6.45) is 2.92. The molecule has 1 saturated heterocycles. The first-order chi connectivity index (χ1) is 12.5. The van der Waals surface area contributed by atoms with E-state index in [1.54, 1.807) is 4.90 Å². The minimum Gasteiger partial charge on any atom is -0.334 e. The molecule has 2 aromatic rings. The summed E-state index contributed by atoms with van der Waals surface area (Å²) in [5, 5.41) is 2.80. The van der Waals surface area contributed by atoms with Gasteiger partial charge in [-0.15, -0.1) is 0 Å². The number of hydrogen-bond acceptors (Lipinski definition) is 2. The van der Waals surface area contributed by atoms with Crippen molar-refractivity contribution in [3.63, 3.8) is 0 Å². The first-order valence-electron chi connectivity index (χ1n) is 9.25. The van der Waals surface area contributed by atoms with Gasteiger partial charge in [0.2, 0.25) is 0 Å². The fourth-order valence-electron chi connectivity index (χ4n) is 3.61. The molecule has 0 atom stereocenters. The predicted molar refractivity (Wildman–Crippen MR) is 104 cm³/mol. The second kappa shape index (κ2) is 8.17. The number of carbonyl (C=O) groups is 2. The van der Waals surface area contributed by atoms with Gasteiger partial charge in [-0.1, -0.05) is 48.5 Å². The van der Waals surface area contributed by atoms with Crippen molar-refractivity contribution in [2.24, 2.45) is 5.92 Å². The molecular weight excluding hydrogens is 324 g/mol. The van der Waals surface area contributed by atoms with Crippen LogP contribution in [0.3, 0.4) is 0 Å². The number of para-hydroxylation sites is 1. The van der Waals surface area contributed by atoms with Crippen LogP contribution in [-0.4, -0.2) is 29.8 Å². The number of aryl methyl sites for hydroxylation is 2. The Morgan fingerprint density at radius 2 is 1.58 bits per heavy atom. The van der Waals surface area contributed by atoms with Crippen molar-refractivity contribution in [2.45, 2.75) is 33.1 Å². The highest BCUT2D eigenvalue weighted by atomic mass is 16.2. The number of anilines is 1. The number of benzene rings is 2. The highest BCUT2D eigenvalue weighted by Crippen LogP contribution is 2.23. The number of likely N-dealkylation sites (tertiary alicyclic amines) is 1. The average Bonchev–Trinajstić information content (AvgIpc) is 2.65. The third-order valence-electron chi connectivity index (χ3n) is 5.18. The molecular formula is C22H26N2O2. The third-order valence-corrected chi connectivity index (χ3v) is 5.18. The van der Waals surface area contributed by atoms with Crippen LogP contribution in [0.4, 0.5) is 5.69 Å². The van der Waals surface area contributed by atoms with Crippen molar-refractivity contribution < 1.29 is 9.59 Å². The Bertz CT molecular complexity index is 758. The van der Waals surface area contributed by atoms with Crippen LogP contribution < -0.4 is 5.32 Å². The maximum Gasteiger partial charge on any atom is 0.313 e. The van der Waals surface area contributed by atoms with E-state index in [-0.39, 0.29) is 0 Å². The molecule has 0 radical (unpaired) electrons. The van der Waals surface area contributed by atoms with Gasteiger partial charge in [0.1, 0.15) is 0 Å². The molecule has 1 heterocycles. The zero-order valence-electron chi connectivity index (χ0n) is 15.5. The molecule has 3 rings (SSSR count). The summed E-state index contributed by atoms with van der Waals surface area (Å²) in [6, 6.07) is 16.3. The summed E-state index contributed by atoms with van der Waals surface area (Å²) in [4.78, 5) is 26.6. The summed E-state index contributed by atoms with van der Waals surface area (Å²) in [6.45, 7) is 5.16. The molecule has 136 valence electrons. The van der Waals surface area contributed by atoms with Crippen molar-refractivity contribution >= 4 is 17.5 Å². The molecule has 0 aliphatic carbocycles. The monoisotopic (exact) mass is 350 g/mol. The Kier molecular flexibility index (Phi) is 5.71. The SMILES string of the molecule is Cc1cccc(C)c1NC(=O)C(=O)N1CCC(Cc2ccccc2)CC1. The van der Waals surface area contributed by atoms with Gasteiger partial charge in [-0.3, -0.25) is 9.59 Å². The van der Waals surface area contributed by atoms with Crippen molar-refractivity contribution in [1.29, 1.82) is 0 Å². The van der Waals surface area contributed by atoms with Crippen LogP contribution in [0.1, 0.15) is 29.5 Å². The second-order valence-electron chi connectivity index (χ2n) is 7.15. The maximum absolute atomic E-state index is 12.5. The van der Waals surface area contributed by atoms with E-state index in [0.717, 1.165) is 36.1 Å². The fourth-order valence-corrected chi connectivity index (χ4v) is 3.61. The van der Waals surface area contributed by atoms with Crippen molar-refractivity contribution in [3.8, 4) is 0 Å². The zero-order valence-corrected chi connectivity index (χ0v) is 15.5. The first kappa shape index (κ1) is 18.2. The number of carbonyl (C=O) groups excluding carboxylic acids is 2. The van der Waals surface area contributed by atoms with E-state index in [4.69, 9.17) is 0 Å². The number of rotatable bonds is 3. The highest BCUT2D eigenvalue weighted by Gasteiger charge is 2.27. The lowest BCUT2D eigenvalue weighted by Crippen LogP contribution is -2.44. The largest absolute Gasteiger partial charge is 0.334 e. The van der Waals surface area contributed by atoms with E-state index in [1.807, 2.05) is 38.1 Å². The summed E-state index contributed by atoms with van der Waals surface area (Å²) >= 11 is 0. The minimum atomic E-state index is -0.538. The molecule has 0 aromatic heterocycles. The zero-order chi connectivity index (χ0) is 18.5. The third kappa shape index (κ3) is 4.31. The molecule has 0 spiro atoms. The van der Waals surface area contributed by atoms with Gasteiger partial charge in [-0.2, -0.15) is 0 Å². The quantitative estimate of drug-likeness (QED) is 0.858. The minimum absolute atomic E-state index is 0.425. The molecule has 2 aromatic carbocycles. The summed E-state index contributed by atoms with van der Waals surface area (Å²) in [5.74, 6) is -0.391. The van der Waals surface area contributed by atoms with E-state index in [9.17, 15) is 9.59 Å². The lowest BCUT2D eigenvalue weighted by atomic mass is 9.90. The Balaban J connectivity index is 1.54. The predicted octanol–water partition coefficient (Wildman–Crippen LogP) is 3.72. The van der Waals surface area contributed by atoms with Crippen LogP contribution in [0.2, 0.25) is 0 Å². The normalized spacial score (nSPS) is 14.9. The lowest BCUT2D eigenvalue weighted by Gasteiger charge is -2.31. The molecule has 1 aliphatic heterocycles. The Morgan fingerprint density at radius 1 is 0.962 bits per heavy atom. The van der Waals surface area contributed by atoms with Crippen LogP contribution in [0.25, 0.3) is 0 Å². The summed E-state index contributed by atoms with van der Waals surface area (Å²) in [7, 11) is 0. The van der Waals surface area contributed by atoms with Crippen molar-refractivity contribution in [3.05, 3.63) is 65.2 Å². The summed E-state index contributed by atoms with van der Waals surface area (Å²) < 4.78 is 0. The molecule has 0 bridgehead atoms. The molecule has 4 heteroatoms. The van der Waals surface area contributed by atoms with Gasteiger partial charge in [-0.25, -0.2) is 0 Å². The molecule has 4 nitrogen and oxygen atoms in total. The lowest BCUT2D eigenvalue weighted by molar-refractivity contribution is -0.144. The van der Waals surface area contributed by atoms with Gasteiger partial charge < -0.3 is 10.2 Å². The van der Waals surface area contributed by atoms with Gasteiger partial charge in [0.25, 0.3) is 0 Å². The van der Waals surface area contributed by atoms with Gasteiger partial charge in [0.15, 0.2) is 0 Å². The molecule has 1 aliphatic rings. The number of piperidine rings is 1. The van der Waals surface area contributed by atoms with Gasteiger partial charge in [-0.05, 0) is 55.7 Å². The Labute approximate surface area is 155 Å². The molecule has 1 N–H and O–H groups in total. The number of hydrogen-bond donors (Lipinski definition) is 1. The molecule has 1 fully saturated rings. The molecule has 0 saturated carbocycles. The van der Waals surface area contributed by atoms with E-state index in [0.29, 0.717) is 19.0 Å². The maximum atomic E-state index is 12.5. The van der Waals surface area contributed by atoms with Crippen molar-refractivity contribution in [1.82, 2.24) is 4.90 Å². The van der Waals surface area contributed by atoms with Gasteiger partial charge in [0, 0.05) is 18.8 Å². The number of nitrogens with one attached hydrogen (secondary N) is 1. The van der Waals surface area contributed by atoms with Crippen LogP contribution in [0.5, 0.6) is 0 Å². The second-order valence-corrected chi connectivity index (χ2v) is 7.15. The van der Waals surface area contributed by atoms with E-state index < -0.39 is 11.8 Å². The molecule has 26 heavy (non-hydrogen) atoms. The van der Waals surface area contributed by atoms with Crippen molar-refractivity contribution in [2.75, 3.05) is 18.4 Å².